The Morgan fingerprint density at radius 2 is 1.95 bits per heavy atom. The summed E-state index contributed by atoms with van der Waals surface area (Å²) in [6.07, 6.45) is 3.74. The maximum Gasteiger partial charge on any atom is 0.118 e. The van der Waals surface area contributed by atoms with Crippen molar-refractivity contribution in [3.8, 4) is 5.75 Å². The molecule has 1 saturated heterocycles. The number of benzene rings is 1. The summed E-state index contributed by atoms with van der Waals surface area (Å²) in [7, 11) is 6.00. The first kappa shape index (κ1) is 14.4. The Hall–Kier alpha value is -1.06. The summed E-state index contributed by atoms with van der Waals surface area (Å²) in [5, 5.41) is 3.40. The lowest BCUT2D eigenvalue weighted by molar-refractivity contribution is 0.321. The molecule has 1 atom stereocenters. The molecule has 0 aliphatic carbocycles. The molecule has 1 unspecified atom stereocenters. The van der Waals surface area contributed by atoms with Gasteiger partial charge in [-0.1, -0.05) is 12.1 Å². The monoisotopic (exact) mass is 262 g/mol. The van der Waals surface area contributed by atoms with E-state index in [1.165, 1.54) is 37.9 Å². The van der Waals surface area contributed by atoms with Gasteiger partial charge in [-0.15, -0.1) is 0 Å². The normalized spacial score (nSPS) is 25.0. The van der Waals surface area contributed by atoms with Gasteiger partial charge >= 0.3 is 0 Å². The Bertz CT molecular complexity index is 390. The Morgan fingerprint density at radius 1 is 1.21 bits per heavy atom. The number of ether oxygens (including phenoxy) is 1. The Morgan fingerprint density at radius 3 is 2.58 bits per heavy atom. The summed E-state index contributed by atoms with van der Waals surface area (Å²) < 4.78 is 5.27. The van der Waals surface area contributed by atoms with Gasteiger partial charge in [0.05, 0.1) is 7.11 Å². The topological polar surface area (TPSA) is 24.5 Å². The number of hydrogen-bond donors (Lipinski definition) is 1. The molecule has 0 bridgehead atoms. The van der Waals surface area contributed by atoms with E-state index >= 15 is 0 Å². The molecule has 3 nitrogen and oxygen atoms in total. The molecule has 0 amide bonds. The fraction of sp³-hybridized carbons (Fsp3) is 0.625. The number of rotatable bonds is 4. The first-order valence-electron chi connectivity index (χ1n) is 7.18. The largest absolute Gasteiger partial charge is 0.497 e. The minimum absolute atomic E-state index is 0.270. The SMILES string of the molecule is CNCC1(c2ccc(OC)cc2)CCCN(C)CC1. The van der Waals surface area contributed by atoms with Crippen molar-refractivity contribution >= 4 is 0 Å². The molecule has 0 spiro atoms. The van der Waals surface area contributed by atoms with Crippen LogP contribution in [-0.2, 0) is 5.41 Å². The lowest BCUT2D eigenvalue weighted by atomic mass is 9.74. The van der Waals surface area contributed by atoms with E-state index in [2.05, 4.69) is 48.6 Å². The van der Waals surface area contributed by atoms with E-state index in [0.29, 0.717) is 0 Å². The van der Waals surface area contributed by atoms with Crippen LogP contribution in [0, 0.1) is 0 Å². The average molecular weight is 262 g/mol. The maximum atomic E-state index is 5.27. The standard InChI is InChI=1S/C16H26N2O/c1-17-13-16(9-4-11-18(2)12-10-16)14-5-7-15(19-3)8-6-14/h5-8,17H,4,9-13H2,1-3H3. The third kappa shape index (κ3) is 3.28. The zero-order valence-corrected chi connectivity index (χ0v) is 12.4. The summed E-state index contributed by atoms with van der Waals surface area (Å²) in [6.45, 7) is 3.43. The molecule has 1 fully saturated rings. The first-order valence-corrected chi connectivity index (χ1v) is 7.18. The highest BCUT2D eigenvalue weighted by Gasteiger charge is 2.33. The summed E-state index contributed by atoms with van der Waals surface area (Å²) in [5.74, 6) is 0.939. The molecule has 1 aliphatic heterocycles. The number of nitrogens with one attached hydrogen (secondary N) is 1. The fourth-order valence-electron chi connectivity index (χ4n) is 3.18. The second-order valence-corrected chi connectivity index (χ2v) is 5.70. The molecule has 1 heterocycles. The molecule has 0 aromatic heterocycles. The van der Waals surface area contributed by atoms with E-state index in [1.807, 2.05) is 0 Å². The number of likely N-dealkylation sites (N-methyl/N-ethyl adjacent to an activating group) is 1. The van der Waals surface area contributed by atoms with E-state index in [1.54, 1.807) is 7.11 Å². The van der Waals surface area contributed by atoms with Crippen molar-refractivity contribution in [3.05, 3.63) is 29.8 Å². The van der Waals surface area contributed by atoms with Crippen molar-refractivity contribution in [1.29, 1.82) is 0 Å². The molecule has 1 N–H and O–H groups in total. The third-order valence-corrected chi connectivity index (χ3v) is 4.38. The van der Waals surface area contributed by atoms with Crippen LogP contribution in [0.1, 0.15) is 24.8 Å². The third-order valence-electron chi connectivity index (χ3n) is 4.38. The van der Waals surface area contributed by atoms with Crippen LogP contribution in [0.15, 0.2) is 24.3 Å². The van der Waals surface area contributed by atoms with E-state index in [0.717, 1.165) is 12.3 Å². The van der Waals surface area contributed by atoms with Gasteiger partial charge in [0.15, 0.2) is 0 Å². The molecule has 0 saturated carbocycles. The minimum Gasteiger partial charge on any atom is -0.497 e. The number of hydrogen-bond acceptors (Lipinski definition) is 3. The van der Waals surface area contributed by atoms with Crippen LogP contribution in [0.25, 0.3) is 0 Å². The van der Waals surface area contributed by atoms with Crippen LogP contribution >= 0.6 is 0 Å². The van der Waals surface area contributed by atoms with Gasteiger partial charge in [-0.05, 0) is 64.1 Å². The van der Waals surface area contributed by atoms with Gasteiger partial charge in [0.2, 0.25) is 0 Å². The summed E-state index contributed by atoms with van der Waals surface area (Å²) in [5.41, 5.74) is 1.71. The van der Waals surface area contributed by atoms with Gasteiger partial charge in [-0.3, -0.25) is 0 Å². The second kappa shape index (κ2) is 6.40. The quantitative estimate of drug-likeness (QED) is 0.901. The molecular formula is C16H26N2O. The Labute approximate surface area is 116 Å². The zero-order valence-electron chi connectivity index (χ0n) is 12.4. The highest BCUT2D eigenvalue weighted by Crippen LogP contribution is 2.35. The fourth-order valence-corrected chi connectivity index (χ4v) is 3.18. The van der Waals surface area contributed by atoms with Crippen LogP contribution in [0.2, 0.25) is 0 Å². The van der Waals surface area contributed by atoms with Crippen LogP contribution in [0.4, 0.5) is 0 Å². The van der Waals surface area contributed by atoms with Crippen molar-refractivity contribution < 1.29 is 4.74 Å². The van der Waals surface area contributed by atoms with Crippen molar-refractivity contribution in [2.45, 2.75) is 24.7 Å². The maximum absolute atomic E-state index is 5.27. The van der Waals surface area contributed by atoms with E-state index in [-0.39, 0.29) is 5.41 Å². The summed E-state index contributed by atoms with van der Waals surface area (Å²) >= 11 is 0. The summed E-state index contributed by atoms with van der Waals surface area (Å²) in [4.78, 5) is 2.45. The first-order chi connectivity index (χ1) is 9.20. The number of methoxy groups -OCH3 is 1. The Balaban J connectivity index is 2.26. The van der Waals surface area contributed by atoms with Crippen LogP contribution < -0.4 is 10.1 Å². The smallest absolute Gasteiger partial charge is 0.118 e. The van der Waals surface area contributed by atoms with Crippen molar-refractivity contribution in [3.63, 3.8) is 0 Å². The average Bonchev–Trinajstić information content (AvgIpc) is 2.63. The number of nitrogens with zero attached hydrogens (tertiary/aromatic N) is 1. The molecule has 1 aromatic carbocycles. The highest BCUT2D eigenvalue weighted by molar-refractivity contribution is 5.33. The van der Waals surface area contributed by atoms with Gasteiger partial charge in [0.1, 0.15) is 5.75 Å². The molecule has 0 radical (unpaired) electrons. The van der Waals surface area contributed by atoms with E-state index in [4.69, 9.17) is 4.74 Å². The predicted octanol–water partition coefficient (Wildman–Crippen LogP) is 2.27. The lowest BCUT2D eigenvalue weighted by Crippen LogP contribution is -2.37. The molecule has 106 valence electrons. The van der Waals surface area contributed by atoms with Gasteiger partial charge in [-0.2, -0.15) is 0 Å². The Kier molecular flexibility index (Phi) is 4.83. The van der Waals surface area contributed by atoms with Crippen LogP contribution in [0.3, 0.4) is 0 Å². The van der Waals surface area contributed by atoms with Crippen molar-refractivity contribution in [1.82, 2.24) is 10.2 Å². The molecule has 2 rings (SSSR count). The highest BCUT2D eigenvalue weighted by atomic mass is 16.5. The molecule has 19 heavy (non-hydrogen) atoms. The molecular weight excluding hydrogens is 236 g/mol. The zero-order chi connectivity index (χ0) is 13.7. The summed E-state index contributed by atoms with van der Waals surface area (Å²) in [6, 6.07) is 8.64. The van der Waals surface area contributed by atoms with Gasteiger partial charge < -0.3 is 15.0 Å². The van der Waals surface area contributed by atoms with Gasteiger partial charge in [0, 0.05) is 12.0 Å². The lowest BCUT2D eigenvalue weighted by Gasteiger charge is -2.33. The van der Waals surface area contributed by atoms with E-state index in [9.17, 15) is 0 Å². The van der Waals surface area contributed by atoms with Crippen molar-refractivity contribution in [2.75, 3.05) is 40.8 Å². The molecule has 1 aliphatic rings. The predicted molar refractivity (Wildman–Crippen MR) is 79.9 cm³/mol. The van der Waals surface area contributed by atoms with E-state index < -0.39 is 0 Å². The van der Waals surface area contributed by atoms with Gasteiger partial charge in [-0.25, -0.2) is 0 Å². The molecule has 3 heteroatoms. The number of likely N-dealkylation sites (tertiary alicyclic amines) is 1. The minimum atomic E-state index is 0.270. The second-order valence-electron chi connectivity index (χ2n) is 5.70. The van der Waals surface area contributed by atoms with Crippen LogP contribution in [0.5, 0.6) is 5.75 Å². The van der Waals surface area contributed by atoms with Crippen molar-refractivity contribution in [2.24, 2.45) is 0 Å². The van der Waals surface area contributed by atoms with Crippen LogP contribution in [-0.4, -0.2) is 45.7 Å². The van der Waals surface area contributed by atoms with Gasteiger partial charge in [0.25, 0.3) is 0 Å². The molecule has 1 aromatic rings.